The number of nitrogens with zero attached hydrogens (tertiary/aromatic N) is 2. The number of carbonyl (C=O) groups excluding carboxylic acids is 3. The molecular weight excluding hydrogens is 320 g/mol. The zero-order valence-electron chi connectivity index (χ0n) is 13.8. The Kier molecular flexibility index (Phi) is 4.79. The molecule has 2 aromatic carbocycles. The Morgan fingerprint density at radius 2 is 1.72 bits per heavy atom. The Bertz CT molecular complexity index is 804. The molecule has 0 saturated carbocycles. The Balaban J connectivity index is 1.63. The van der Waals surface area contributed by atoms with Crippen LogP contribution in [-0.4, -0.2) is 42.3 Å². The van der Waals surface area contributed by atoms with Crippen LogP contribution in [0.25, 0.3) is 0 Å². The van der Waals surface area contributed by atoms with E-state index in [0.717, 1.165) is 0 Å². The largest absolute Gasteiger partial charge is 0.491 e. The van der Waals surface area contributed by atoms with Gasteiger partial charge in [-0.25, -0.2) is 4.79 Å². The molecule has 2 aromatic rings. The van der Waals surface area contributed by atoms with Crippen LogP contribution in [0, 0.1) is 0 Å². The van der Waals surface area contributed by atoms with Gasteiger partial charge in [0.15, 0.2) is 5.78 Å². The van der Waals surface area contributed by atoms with Gasteiger partial charge >= 0.3 is 6.03 Å². The Morgan fingerprint density at radius 3 is 2.44 bits per heavy atom. The second-order valence-electron chi connectivity index (χ2n) is 5.65. The number of rotatable bonds is 6. The lowest BCUT2D eigenvalue weighted by atomic mass is 10.1. The number of carbonyl (C=O) groups is 3. The average Bonchev–Trinajstić information content (AvgIpc) is 2.91. The number of imide groups is 1. The monoisotopic (exact) mass is 338 g/mol. The predicted molar refractivity (Wildman–Crippen MR) is 92.8 cm³/mol. The third-order valence-corrected chi connectivity index (χ3v) is 3.96. The number of Topliss-reactive ketones (excluding diaryl/α,β-unsaturated/α-hetero) is 1. The van der Waals surface area contributed by atoms with E-state index in [-0.39, 0.29) is 37.4 Å². The molecule has 128 valence electrons. The quantitative estimate of drug-likeness (QED) is 0.600. The highest BCUT2D eigenvalue weighted by Gasteiger charge is 2.36. The van der Waals surface area contributed by atoms with Crippen molar-refractivity contribution in [3.05, 3.63) is 60.2 Å². The summed E-state index contributed by atoms with van der Waals surface area (Å²) in [5.74, 6) is 0.0884. The maximum absolute atomic E-state index is 12.5. The summed E-state index contributed by atoms with van der Waals surface area (Å²) < 4.78 is 5.61. The van der Waals surface area contributed by atoms with Crippen molar-refractivity contribution in [3.63, 3.8) is 0 Å². The molecule has 0 aromatic heterocycles. The number of anilines is 1. The minimum absolute atomic E-state index is 0.0207. The van der Waals surface area contributed by atoms with Gasteiger partial charge in [-0.1, -0.05) is 30.3 Å². The highest BCUT2D eigenvalue weighted by atomic mass is 16.5. The van der Waals surface area contributed by atoms with Gasteiger partial charge in [-0.15, -0.1) is 0 Å². The summed E-state index contributed by atoms with van der Waals surface area (Å²) in [6, 6.07) is 15.6. The van der Waals surface area contributed by atoms with Crippen molar-refractivity contribution >= 4 is 23.4 Å². The second kappa shape index (κ2) is 7.17. The summed E-state index contributed by atoms with van der Waals surface area (Å²) in [5.41, 5.74) is 1.17. The van der Waals surface area contributed by atoms with Crippen molar-refractivity contribution in [2.75, 3.05) is 24.6 Å². The van der Waals surface area contributed by atoms with E-state index in [1.807, 2.05) is 18.2 Å². The summed E-state index contributed by atoms with van der Waals surface area (Å²) in [7, 11) is 0. The standard InChI is InChI=1S/C19H18N2O4/c1-14(22)16-9-5-6-10-17(16)25-12-11-20-18(23)13-21(19(20)24)15-7-3-2-4-8-15/h2-10H,11-13H2,1H3. The van der Waals surface area contributed by atoms with E-state index in [2.05, 4.69) is 0 Å². The van der Waals surface area contributed by atoms with E-state index in [4.69, 9.17) is 4.74 Å². The van der Waals surface area contributed by atoms with Crippen molar-refractivity contribution in [1.82, 2.24) is 4.90 Å². The normalized spacial score (nSPS) is 14.1. The van der Waals surface area contributed by atoms with E-state index in [1.165, 1.54) is 16.7 Å². The van der Waals surface area contributed by atoms with Gasteiger partial charge in [0.2, 0.25) is 0 Å². The molecule has 3 amide bonds. The topological polar surface area (TPSA) is 66.9 Å². The SMILES string of the molecule is CC(=O)c1ccccc1OCCN1C(=O)CN(c2ccccc2)C1=O. The number of hydrogen-bond donors (Lipinski definition) is 0. The van der Waals surface area contributed by atoms with Crippen LogP contribution in [0.15, 0.2) is 54.6 Å². The van der Waals surface area contributed by atoms with Crippen LogP contribution < -0.4 is 9.64 Å². The van der Waals surface area contributed by atoms with Crippen LogP contribution >= 0.6 is 0 Å². The fraction of sp³-hybridized carbons (Fsp3) is 0.211. The first-order valence-corrected chi connectivity index (χ1v) is 7.97. The third kappa shape index (κ3) is 3.52. The number of ketones is 1. The fourth-order valence-corrected chi connectivity index (χ4v) is 2.70. The van der Waals surface area contributed by atoms with Crippen LogP contribution in [-0.2, 0) is 4.79 Å². The van der Waals surface area contributed by atoms with Gasteiger partial charge in [0.05, 0.1) is 12.1 Å². The van der Waals surface area contributed by atoms with Gasteiger partial charge in [0, 0.05) is 5.69 Å². The molecule has 0 spiro atoms. The molecule has 6 heteroatoms. The smallest absolute Gasteiger partial charge is 0.331 e. The average molecular weight is 338 g/mol. The van der Waals surface area contributed by atoms with Gasteiger partial charge < -0.3 is 4.74 Å². The molecule has 1 fully saturated rings. The maximum Gasteiger partial charge on any atom is 0.331 e. The van der Waals surface area contributed by atoms with Crippen molar-refractivity contribution in [3.8, 4) is 5.75 Å². The number of urea groups is 1. The molecule has 0 radical (unpaired) electrons. The molecule has 0 bridgehead atoms. The predicted octanol–water partition coefficient (Wildman–Crippen LogP) is 2.74. The summed E-state index contributed by atoms with van der Waals surface area (Å²) in [6.45, 7) is 1.75. The van der Waals surface area contributed by atoms with Crippen molar-refractivity contribution in [2.24, 2.45) is 0 Å². The Labute approximate surface area is 145 Å². The Hall–Kier alpha value is -3.15. The molecular formula is C19H18N2O4. The fourth-order valence-electron chi connectivity index (χ4n) is 2.70. The molecule has 0 unspecified atom stereocenters. The highest BCUT2D eigenvalue weighted by Crippen LogP contribution is 2.21. The highest BCUT2D eigenvalue weighted by molar-refractivity contribution is 6.12. The van der Waals surface area contributed by atoms with Gasteiger partial charge in [-0.3, -0.25) is 19.4 Å². The number of benzene rings is 2. The summed E-state index contributed by atoms with van der Waals surface area (Å²) in [6.07, 6.45) is 0. The molecule has 1 aliphatic rings. The Morgan fingerprint density at radius 1 is 1.04 bits per heavy atom. The first-order valence-electron chi connectivity index (χ1n) is 7.97. The first kappa shape index (κ1) is 16.7. The van der Waals surface area contributed by atoms with Crippen LogP contribution in [0.3, 0.4) is 0 Å². The number of ether oxygens (including phenoxy) is 1. The van der Waals surface area contributed by atoms with Crippen molar-refractivity contribution < 1.29 is 19.1 Å². The van der Waals surface area contributed by atoms with Crippen LogP contribution in [0.4, 0.5) is 10.5 Å². The number of amides is 3. The van der Waals surface area contributed by atoms with E-state index in [9.17, 15) is 14.4 Å². The van der Waals surface area contributed by atoms with Crippen molar-refractivity contribution in [2.45, 2.75) is 6.92 Å². The van der Waals surface area contributed by atoms with E-state index < -0.39 is 0 Å². The van der Waals surface area contributed by atoms with E-state index in [0.29, 0.717) is 17.0 Å². The molecule has 1 heterocycles. The molecule has 25 heavy (non-hydrogen) atoms. The lowest BCUT2D eigenvalue weighted by Gasteiger charge is -2.17. The van der Waals surface area contributed by atoms with Gasteiger partial charge in [-0.05, 0) is 31.2 Å². The molecule has 0 aliphatic carbocycles. The molecule has 0 N–H and O–H groups in total. The van der Waals surface area contributed by atoms with E-state index >= 15 is 0 Å². The molecule has 1 saturated heterocycles. The van der Waals surface area contributed by atoms with Crippen molar-refractivity contribution in [1.29, 1.82) is 0 Å². The number of hydrogen-bond acceptors (Lipinski definition) is 4. The summed E-state index contributed by atoms with van der Waals surface area (Å²) >= 11 is 0. The lowest BCUT2D eigenvalue weighted by Crippen LogP contribution is -2.36. The van der Waals surface area contributed by atoms with E-state index in [1.54, 1.807) is 36.4 Å². The molecule has 1 aliphatic heterocycles. The van der Waals surface area contributed by atoms with Crippen LogP contribution in [0.5, 0.6) is 5.75 Å². The minimum atomic E-state index is -0.361. The minimum Gasteiger partial charge on any atom is -0.491 e. The maximum atomic E-state index is 12.5. The molecule has 0 atom stereocenters. The lowest BCUT2D eigenvalue weighted by molar-refractivity contribution is -0.125. The summed E-state index contributed by atoms with van der Waals surface area (Å²) in [5, 5.41) is 0. The zero-order chi connectivity index (χ0) is 17.8. The van der Waals surface area contributed by atoms with Gasteiger partial charge in [0.25, 0.3) is 5.91 Å². The summed E-state index contributed by atoms with van der Waals surface area (Å²) in [4.78, 5) is 38.8. The van der Waals surface area contributed by atoms with Gasteiger partial charge in [0.1, 0.15) is 18.9 Å². The van der Waals surface area contributed by atoms with Crippen LogP contribution in [0.1, 0.15) is 17.3 Å². The number of para-hydroxylation sites is 2. The second-order valence-corrected chi connectivity index (χ2v) is 5.65. The third-order valence-electron chi connectivity index (χ3n) is 3.96. The van der Waals surface area contributed by atoms with Gasteiger partial charge in [-0.2, -0.15) is 0 Å². The first-order chi connectivity index (χ1) is 12.1. The molecule has 6 nitrogen and oxygen atoms in total. The zero-order valence-corrected chi connectivity index (χ0v) is 13.8. The van der Waals surface area contributed by atoms with Crippen LogP contribution in [0.2, 0.25) is 0 Å². The molecule has 3 rings (SSSR count).